The molecule has 0 saturated heterocycles. The van der Waals surface area contributed by atoms with E-state index >= 15 is 8.78 Å². The van der Waals surface area contributed by atoms with E-state index in [0.29, 0.717) is 5.56 Å². The number of nitrogens with one attached hydrogen (secondary N) is 3. The van der Waals surface area contributed by atoms with Gasteiger partial charge in [-0.1, -0.05) is 58.0 Å². The second-order valence-electron chi connectivity index (χ2n) is 12.1. The average molecular weight is 687 g/mol. The molecule has 9 N–H and O–H groups in total. The van der Waals surface area contributed by atoms with E-state index in [1.807, 2.05) is 0 Å². The van der Waals surface area contributed by atoms with E-state index in [1.165, 1.54) is 53.7 Å². The van der Waals surface area contributed by atoms with Gasteiger partial charge in [-0.3, -0.25) is 28.9 Å². The molecule has 0 radical (unpaired) electrons. The van der Waals surface area contributed by atoms with Crippen molar-refractivity contribution >= 4 is 35.5 Å². The van der Waals surface area contributed by atoms with Crippen LogP contribution in [0.1, 0.15) is 47.1 Å². The lowest BCUT2D eigenvalue weighted by Gasteiger charge is -2.37. The van der Waals surface area contributed by atoms with Crippen molar-refractivity contribution in [2.75, 3.05) is 13.7 Å². The largest absolute Gasteiger partial charge is 0.467 e. The molecule has 15 nitrogen and oxygen atoms in total. The molecule has 0 spiro atoms. The first-order chi connectivity index (χ1) is 22.2. The molecule has 1 aromatic carbocycles. The van der Waals surface area contributed by atoms with E-state index in [4.69, 9.17) is 21.3 Å². The number of nitrogens with zero attached hydrogens (tertiary/aromatic N) is 1. The third-order valence-corrected chi connectivity index (χ3v) is 7.51. The van der Waals surface area contributed by atoms with Crippen LogP contribution in [0.15, 0.2) is 30.3 Å². The Morgan fingerprint density at radius 3 is 1.81 bits per heavy atom. The van der Waals surface area contributed by atoms with Gasteiger partial charge in [0.15, 0.2) is 0 Å². The lowest BCUT2D eigenvalue weighted by molar-refractivity contribution is -0.188. The Bertz CT molecular complexity index is 1280. The van der Waals surface area contributed by atoms with Crippen molar-refractivity contribution in [1.82, 2.24) is 20.9 Å². The van der Waals surface area contributed by atoms with Crippen molar-refractivity contribution in [3.05, 3.63) is 35.9 Å². The van der Waals surface area contributed by atoms with E-state index in [0.717, 1.165) is 7.11 Å². The summed E-state index contributed by atoms with van der Waals surface area (Å²) in [5.41, 5.74) is 11.7. The minimum absolute atomic E-state index is 0.0208. The number of hydrogen-bond donors (Lipinski definition) is 7. The van der Waals surface area contributed by atoms with Crippen molar-refractivity contribution in [1.29, 1.82) is 0 Å². The van der Waals surface area contributed by atoms with Crippen LogP contribution in [0.5, 0.6) is 0 Å². The number of esters is 1. The molecule has 0 heterocycles. The Morgan fingerprint density at radius 1 is 0.854 bits per heavy atom. The molecule has 17 heteroatoms. The van der Waals surface area contributed by atoms with Crippen molar-refractivity contribution in [3.8, 4) is 0 Å². The summed E-state index contributed by atoms with van der Waals surface area (Å²) in [5, 5.41) is 26.9. The van der Waals surface area contributed by atoms with Crippen LogP contribution in [-0.2, 0) is 39.9 Å². The molecule has 7 atom stereocenters. The van der Waals surface area contributed by atoms with Gasteiger partial charge in [-0.15, -0.1) is 0 Å². The Labute approximate surface area is 278 Å². The lowest BCUT2D eigenvalue weighted by Crippen LogP contribution is -2.65. The van der Waals surface area contributed by atoms with E-state index in [-0.39, 0.29) is 4.90 Å². The molecule has 0 aliphatic carbocycles. The zero-order chi connectivity index (χ0) is 37.1. The minimum atomic E-state index is -4.78. The number of rotatable bonds is 17. The van der Waals surface area contributed by atoms with Crippen LogP contribution in [0.4, 0.5) is 8.78 Å². The second-order valence-corrected chi connectivity index (χ2v) is 12.1. The van der Waals surface area contributed by atoms with E-state index < -0.39 is 109 Å². The van der Waals surface area contributed by atoms with Gasteiger partial charge in [0.25, 0.3) is 0 Å². The van der Waals surface area contributed by atoms with Crippen molar-refractivity contribution < 1.29 is 52.5 Å². The zero-order valence-electron chi connectivity index (χ0n) is 28.1. The molecular formula is C31H48F2N6O9. The van der Waals surface area contributed by atoms with Crippen molar-refractivity contribution in [3.63, 3.8) is 0 Å². The van der Waals surface area contributed by atoms with Gasteiger partial charge in [0.2, 0.25) is 23.6 Å². The summed E-state index contributed by atoms with van der Waals surface area (Å²) in [4.78, 5) is 77.3. The number of nitrogens with two attached hydrogens (primary N) is 2. The van der Waals surface area contributed by atoms with Crippen LogP contribution in [0.25, 0.3) is 0 Å². The fraction of sp³-hybridized carbons (Fsp3) is 0.613. The highest BCUT2D eigenvalue weighted by molar-refractivity contribution is 6.04. The minimum Gasteiger partial charge on any atom is -0.467 e. The van der Waals surface area contributed by atoms with Gasteiger partial charge in [-0.05, 0) is 37.7 Å². The number of aliphatic hydroxyl groups is 2. The number of carbonyl (C=O) groups is 6. The Hall–Kier alpha value is -4.06. The fourth-order valence-corrected chi connectivity index (χ4v) is 4.44. The molecule has 48 heavy (non-hydrogen) atoms. The predicted molar refractivity (Wildman–Crippen MR) is 169 cm³/mol. The maximum absolute atomic E-state index is 16.1. The molecule has 0 aliphatic heterocycles. The van der Waals surface area contributed by atoms with Crippen LogP contribution in [-0.4, -0.2) is 113 Å². The topological polar surface area (TPSA) is 243 Å². The second kappa shape index (κ2) is 18.5. The fourth-order valence-electron chi connectivity index (χ4n) is 4.44. The highest BCUT2D eigenvalue weighted by Gasteiger charge is 2.56. The van der Waals surface area contributed by atoms with E-state index in [2.05, 4.69) is 16.0 Å². The summed E-state index contributed by atoms with van der Waals surface area (Å²) in [7, 11) is 0.949. The monoisotopic (exact) mass is 686 g/mol. The van der Waals surface area contributed by atoms with Gasteiger partial charge in [-0.25, -0.2) is 4.79 Å². The maximum atomic E-state index is 16.1. The summed E-state index contributed by atoms with van der Waals surface area (Å²) < 4.78 is 37.0. The third-order valence-electron chi connectivity index (χ3n) is 7.51. The average Bonchev–Trinajstić information content (AvgIpc) is 3.04. The molecular weight excluding hydrogens is 638 g/mol. The van der Waals surface area contributed by atoms with Crippen LogP contribution in [0.2, 0.25) is 0 Å². The zero-order valence-corrected chi connectivity index (χ0v) is 28.1. The Morgan fingerprint density at radius 2 is 1.35 bits per heavy atom. The molecule has 2 unspecified atom stereocenters. The number of methoxy groups -OCH3 is 1. The van der Waals surface area contributed by atoms with Gasteiger partial charge >= 0.3 is 17.8 Å². The molecule has 1 aromatic rings. The predicted octanol–water partition coefficient (Wildman–Crippen LogP) is -1.42. The molecule has 0 bridgehead atoms. The summed E-state index contributed by atoms with van der Waals surface area (Å²) in [5.74, 6) is -13.8. The van der Waals surface area contributed by atoms with Crippen LogP contribution in [0, 0.1) is 11.8 Å². The first-order valence-corrected chi connectivity index (χ1v) is 15.3. The van der Waals surface area contributed by atoms with Crippen LogP contribution in [0.3, 0.4) is 0 Å². The summed E-state index contributed by atoms with van der Waals surface area (Å²) in [6.07, 6.45) is -3.40. The van der Waals surface area contributed by atoms with Crippen LogP contribution >= 0.6 is 0 Å². The van der Waals surface area contributed by atoms with E-state index in [1.54, 1.807) is 18.2 Å². The van der Waals surface area contributed by atoms with Crippen LogP contribution < -0.4 is 27.4 Å². The number of carbonyl (C=O) groups excluding carboxylic acids is 6. The molecule has 270 valence electrons. The van der Waals surface area contributed by atoms with Gasteiger partial charge < -0.3 is 42.4 Å². The van der Waals surface area contributed by atoms with Gasteiger partial charge in [0.05, 0.1) is 25.8 Å². The quantitative estimate of drug-likeness (QED) is 0.0938. The number of alkyl halides is 2. The first-order valence-electron chi connectivity index (χ1n) is 15.3. The number of ether oxygens (including phenoxy) is 1. The van der Waals surface area contributed by atoms with Gasteiger partial charge in [0.1, 0.15) is 30.3 Å². The van der Waals surface area contributed by atoms with Crippen molar-refractivity contribution in [2.24, 2.45) is 23.3 Å². The standard InChI is InChI=1S/C31H48F2N6O9/c1-15(2)22(35)28(45)39(23(16(3)4)29(46)48-7)30(47)31(32,33)24(41)21(13-19-11-9-8-10-12-19)38-26(43)18(6)36-25(42)17(5)37-27(44)20(34)14-40/h8-12,15-18,20-24,40-41H,13-14,34-35H2,1-7H3,(H,36,42)(H,37,44)(H,38,43)/t17-,18-,20-,21?,22-,23-,24?/m0/s1. The molecule has 0 fully saturated rings. The normalized spacial score (nSPS) is 16.1. The smallest absolute Gasteiger partial charge is 0.352 e. The van der Waals surface area contributed by atoms with Crippen molar-refractivity contribution in [2.45, 2.75) is 96.2 Å². The van der Waals surface area contributed by atoms with E-state index in [9.17, 15) is 33.9 Å². The first kappa shape index (κ1) is 42.0. The number of halogens is 2. The van der Waals surface area contributed by atoms with Gasteiger partial charge in [-0.2, -0.15) is 8.78 Å². The maximum Gasteiger partial charge on any atom is 0.352 e. The lowest BCUT2D eigenvalue weighted by atomic mass is 9.93. The number of amides is 5. The molecule has 0 saturated carbocycles. The summed E-state index contributed by atoms with van der Waals surface area (Å²) in [6, 6.07) is -1.32. The van der Waals surface area contributed by atoms with Gasteiger partial charge in [0, 0.05) is 0 Å². The number of benzene rings is 1. The molecule has 0 aliphatic rings. The molecule has 0 aromatic heterocycles. The highest BCUT2D eigenvalue weighted by Crippen LogP contribution is 2.29. The number of aliphatic hydroxyl groups excluding tert-OH is 2. The third kappa shape index (κ3) is 11.0. The highest BCUT2D eigenvalue weighted by atomic mass is 19.3. The Balaban J connectivity index is 3.47. The molecule has 1 rings (SSSR count). The summed E-state index contributed by atoms with van der Waals surface area (Å²) in [6.45, 7) is 7.59. The SMILES string of the molecule is COC(=O)[C@H](C(C)C)N(C(=O)[C@@H](N)C(C)C)C(=O)C(F)(F)C(O)C(Cc1ccccc1)NC(=O)[C@H](C)NC(=O)[C@H](C)NC(=O)[C@@H](N)CO. The number of imide groups is 1. The number of hydrogen-bond acceptors (Lipinski definition) is 11. The summed E-state index contributed by atoms with van der Waals surface area (Å²) >= 11 is 0. The Kier molecular flexibility index (Phi) is 16.2. The molecule has 5 amide bonds.